The highest BCUT2D eigenvalue weighted by Crippen LogP contribution is 2.31. The van der Waals surface area contributed by atoms with Gasteiger partial charge in [-0.3, -0.25) is 4.79 Å². The molecule has 1 amide bonds. The highest BCUT2D eigenvalue weighted by molar-refractivity contribution is 7.10. The van der Waals surface area contributed by atoms with Crippen molar-refractivity contribution in [3.8, 4) is 0 Å². The second-order valence-corrected chi connectivity index (χ2v) is 7.17. The third kappa shape index (κ3) is 4.55. The Morgan fingerprint density at radius 3 is 2.71 bits per heavy atom. The Bertz CT molecular complexity index is 424. The molecule has 118 valence electrons. The van der Waals surface area contributed by atoms with Gasteiger partial charge in [0.25, 0.3) is 0 Å². The van der Waals surface area contributed by atoms with Crippen LogP contribution in [0.25, 0.3) is 0 Å². The maximum absolute atomic E-state index is 12.5. The molecule has 2 rings (SSSR count). The highest BCUT2D eigenvalue weighted by atomic mass is 32.1. The fourth-order valence-corrected chi connectivity index (χ4v) is 4.17. The van der Waals surface area contributed by atoms with Gasteiger partial charge in [0, 0.05) is 16.8 Å². The van der Waals surface area contributed by atoms with Gasteiger partial charge in [-0.2, -0.15) is 0 Å². The Hall–Kier alpha value is -0.870. The van der Waals surface area contributed by atoms with E-state index in [0.29, 0.717) is 6.42 Å². The molecule has 0 aromatic carbocycles. The lowest BCUT2D eigenvalue weighted by atomic mass is 9.79. The highest BCUT2D eigenvalue weighted by Gasteiger charge is 2.33. The van der Waals surface area contributed by atoms with Crippen LogP contribution < -0.4 is 10.6 Å². The molecule has 1 aliphatic rings. The Kier molecular flexibility index (Phi) is 6.24. The summed E-state index contributed by atoms with van der Waals surface area (Å²) in [5, 5.41) is 8.77. The Morgan fingerprint density at radius 2 is 2.14 bits per heavy atom. The molecule has 0 saturated heterocycles. The summed E-state index contributed by atoms with van der Waals surface area (Å²) in [6.45, 7) is 2.17. The molecule has 0 radical (unpaired) electrons. The first-order chi connectivity index (χ1) is 10.2. The fourth-order valence-electron chi connectivity index (χ4n) is 3.36. The molecule has 4 heteroatoms. The third-order valence-electron chi connectivity index (χ3n) is 4.64. The summed E-state index contributed by atoms with van der Waals surface area (Å²) in [5.74, 6) is 0.193. The number of hydrogen-bond acceptors (Lipinski definition) is 3. The molecule has 0 bridgehead atoms. The zero-order valence-corrected chi connectivity index (χ0v) is 14.1. The summed E-state index contributed by atoms with van der Waals surface area (Å²) >= 11 is 1.73. The van der Waals surface area contributed by atoms with E-state index in [-0.39, 0.29) is 17.5 Å². The molecule has 1 unspecified atom stereocenters. The van der Waals surface area contributed by atoms with E-state index in [1.807, 2.05) is 7.05 Å². The molecule has 1 fully saturated rings. The molecule has 2 N–H and O–H groups in total. The predicted octanol–water partition coefficient (Wildman–Crippen LogP) is 4.02. The van der Waals surface area contributed by atoms with Crippen LogP contribution >= 0.6 is 11.3 Å². The zero-order valence-electron chi connectivity index (χ0n) is 13.3. The van der Waals surface area contributed by atoms with Crippen LogP contribution in [0.4, 0.5) is 0 Å². The Morgan fingerprint density at radius 1 is 1.38 bits per heavy atom. The van der Waals surface area contributed by atoms with Gasteiger partial charge in [0.05, 0.1) is 6.04 Å². The van der Waals surface area contributed by atoms with E-state index in [4.69, 9.17) is 0 Å². The van der Waals surface area contributed by atoms with Gasteiger partial charge in [-0.05, 0) is 37.8 Å². The standard InChI is InChI=1S/C17H28N2OS/c1-3-8-14(15-9-7-12-21-15)19-16(20)13-17(18-2)10-5-4-6-11-17/h7,9,12,14,18H,3-6,8,10-11,13H2,1-2H3,(H,19,20). The van der Waals surface area contributed by atoms with Crippen molar-refractivity contribution in [2.45, 2.75) is 69.9 Å². The SMILES string of the molecule is CCCC(NC(=O)CC1(NC)CCCCC1)c1cccs1. The second-order valence-electron chi connectivity index (χ2n) is 6.19. The van der Waals surface area contributed by atoms with Gasteiger partial charge in [0.2, 0.25) is 5.91 Å². The molecular weight excluding hydrogens is 280 g/mol. The summed E-state index contributed by atoms with van der Waals surface area (Å²) in [6.07, 6.45) is 8.71. The first kappa shape index (κ1) is 16.5. The van der Waals surface area contributed by atoms with Crippen LogP contribution in [-0.4, -0.2) is 18.5 Å². The van der Waals surface area contributed by atoms with Gasteiger partial charge >= 0.3 is 0 Å². The quantitative estimate of drug-likeness (QED) is 0.799. The van der Waals surface area contributed by atoms with Crippen molar-refractivity contribution < 1.29 is 4.79 Å². The van der Waals surface area contributed by atoms with Crippen LogP contribution in [0.15, 0.2) is 17.5 Å². The Labute approximate surface area is 132 Å². The molecule has 0 aliphatic heterocycles. The van der Waals surface area contributed by atoms with Crippen molar-refractivity contribution in [1.29, 1.82) is 0 Å². The van der Waals surface area contributed by atoms with E-state index < -0.39 is 0 Å². The minimum Gasteiger partial charge on any atom is -0.348 e. The summed E-state index contributed by atoms with van der Waals surface area (Å²) in [5.41, 5.74) is 0.0224. The molecule has 3 nitrogen and oxygen atoms in total. The van der Waals surface area contributed by atoms with Gasteiger partial charge in [0.1, 0.15) is 0 Å². The third-order valence-corrected chi connectivity index (χ3v) is 5.63. The Balaban J connectivity index is 1.95. The maximum Gasteiger partial charge on any atom is 0.222 e. The minimum atomic E-state index is 0.0224. The molecular formula is C17H28N2OS. The molecule has 1 aromatic rings. The van der Waals surface area contributed by atoms with Crippen LogP contribution in [0.2, 0.25) is 0 Å². The molecule has 0 spiro atoms. The number of amides is 1. The van der Waals surface area contributed by atoms with Crippen molar-refractivity contribution in [3.05, 3.63) is 22.4 Å². The van der Waals surface area contributed by atoms with Crippen LogP contribution in [-0.2, 0) is 4.79 Å². The van der Waals surface area contributed by atoms with E-state index in [2.05, 4.69) is 35.1 Å². The van der Waals surface area contributed by atoms with Crippen molar-refractivity contribution in [3.63, 3.8) is 0 Å². The van der Waals surface area contributed by atoms with Crippen molar-refractivity contribution in [1.82, 2.24) is 10.6 Å². The number of carbonyl (C=O) groups excluding carboxylic acids is 1. The van der Waals surface area contributed by atoms with E-state index in [1.54, 1.807) is 11.3 Å². The van der Waals surface area contributed by atoms with Crippen LogP contribution in [0.1, 0.15) is 69.2 Å². The van der Waals surface area contributed by atoms with Crippen LogP contribution in [0.5, 0.6) is 0 Å². The number of thiophene rings is 1. The number of rotatable bonds is 7. The predicted molar refractivity (Wildman–Crippen MR) is 89.6 cm³/mol. The number of hydrogen-bond donors (Lipinski definition) is 2. The van der Waals surface area contributed by atoms with E-state index >= 15 is 0 Å². The second kappa shape index (κ2) is 7.95. The van der Waals surface area contributed by atoms with Gasteiger partial charge in [-0.25, -0.2) is 0 Å². The van der Waals surface area contributed by atoms with Gasteiger partial charge in [-0.15, -0.1) is 11.3 Å². The topological polar surface area (TPSA) is 41.1 Å². The average Bonchev–Trinajstić information content (AvgIpc) is 3.02. The van der Waals surface area contributed by atoms with Crippen molar-refractivity contribution >= 4 is 17.2 Å². The lowest BCUT2D eigenvalue weighted by Crippen LogP contribution is -2.48. The molecule has 1 atom stereocenters. The average molecular weight is 308 g/mol. The molecule has 1 aromatic heterocycles. The maximum atomic E-state index is 12.5. The van der Waals surface area contributed by atoms with Gasteiger partial charge < -0.3 is 10.6 Å². The summed E-state index contributed by atoms with van der Waals surface area (Å²) in [7, 11) is 2.00. The van der Waals surface area contributed by atoms with Gasteiger partial charge in [0.15, 0.2) is 0 Å². The first-order valence-corrected chi connectivity index (χ1v) is 9.09. The van der Waals surface area contributed by atoms with Crippen LogP contribution in [0.3, 0.4) is 0 Å². The molecule has 1 heterocycles. The fraction of sp³-hybridized carbons (Fsp3) is 0.706. The monoisotopic (exact) mass is 308 g/mol. The van der Waals surface area contributed by atoms with Crippen LogP contribution in [0, 0.1) is 0 Å². The normalized spacial score (nSPS) is 19.1. The zero-order chi connectivity index (χ0) is 15.1. The molecule has 21 heavy (non-hydrogen) atoms. The lowest BCUT2D eigenvalue weighted by Gasteiger charge is -2.37. The lowest BCUT2D eigenvalue weighted by molar-refractivity contribution is -0.123. The van der Waals surface area contributed by atoms with E-state index in [0.717, 1.165) is 25.7 Å². The molecule has 1 saturated carbocycles. The van der Waals surface area contributed by atoms with Gasteiger partial charge in [-0.1, -0.05) is 38.7 Å². The molecule has 1 aliphatic carbocycles. The summed E-state index contributed by atoms with van der Waals surface area (Å²) in [6, 6.07) is 4.37. The number of carbonyl (C=O) groups is 1. The van der Waals surface area contributed by atoms with E-state index in [9.17, 15) is 4.79 Å². The van der Waals surface area contributed by atoms with Crippen molar-refractivity contribution in [2.75, 3.05) is 7.05 Å². The first-order valence-electron chi connectivity index (χ1n) is 8.21. The minimum absolute atomic E-state index is 0.0224. The number of nitrogens with one attached hydrogen (secondary N) is 2. The summed E-state index contributed by atoms with van der Waals surface area (Å²) in [4.78, 5) is 13.8. The largest absolute Gasteiger partial charge is 0.348 e. The smallest absolute Gasteiger partial charge is 0.222 e. The van der Waals surface area contributed by atoms with Crippen molar-refractivity contribution in [2.24, 2.45) is 0 Å². The summed E-state index contributed by atoms with van der Waals surface area (Å²) < 4.78 is 0. The van der Waals surface area contributed by atoms with E-state index in [1.165, 1.54) is 24.1 Å².